The summed E-state index contributed by atoms with van der Waals surface area (Å²) in [6.45, 7) is 13.2. The first kappa shape index (κ1) is 70.3. The monoisotopic (exact) mass is 1360 g/mol. The fraction of sp³-hybridized carbons (Fsp3) is 0.256. The van der Waals surface area contributed by atoms with Crippen LogP contribution in [0.3, 0.4) is 0 Å². The molecule has 4 aliphatic heterocycles. The zero-order chi connectivity index (χ0) is 72.2. The molecule has 3 aromatic carbocycles. The maximum absolute atomic E-state index is 2.41. The molecule has 0 radical (unpaired) electrons. The summed E-state index contributed by atoms with van der Waals surface area (Å²) in [5, 5.41) is 0. The predicted molar refractivity (Wildman–Crippen MR) is 410 cm³/mol. The van der Waals surface area contributed by atoms with Crippen molar-refractivity contribution in [1.29, 1.82) is 0 Å². The minimum atomic E-state index is 0.264. The van der Waals surface area contributed by atoms with Crippen molar-refractivity contribution in [3.05, 3.63) is 279 Å². The van der Waals surface area contributed by atoms with Gasteiger partial charge in [0.15, 0.2) is 77.9 Å². The molecule has 8 aromatic heterocycles. The van der Waals surface area contributed by atoms with Crippen LogP contribution < -0.4 is 61.0 Å². The Bertz CT molecular complexity index is 4930. The van der Waals surface area contributed by atoms with Gasteiger partial charge in [-0.05, 0) is 136 Å². The van der Waals surface area contributed by atoms with Gasteiger partial charge in [0.1, 0.15) is 46.8 Å². The molecule has 102 heavy (non-hydrogen) atoms. The van der Waals surface area contributed by atoms with Crippen molar-refractivity contribution in [3.63, 3.8) is 0 Å². The summed E-state index contributed by atoms with van der Waals surface area (Å²) in [4.78, 5) is 18.2. The highest BCUT2D eigenvalue weighted by Crippen LogP contribution is 2.42. The minimum absolute atomic E-state index is 0.264. The van der Waals surface area contributed by atoms with Gasteiger partial charge in [0.2, 0.25) is 0 Å². The van der Waals surface area contributed by atoms with E-state index in [1.165, 1.54) is 114 Å². The topological polar surface area (TPSA) is 57.0 Å². The highest BCUT2D eigenvalue weighted by Gasteiger charge is 2.40. The number of fused-ring (bicyclic) bond motifs is 1. The third-order valence-corrected chi connectivity index (χ3v) is 20.8. The molecule has 11 aromatic rings. The van der Waals surface area contributed by atoms with E-state index in [0.29, 0.717) is 18.5 Å². The Hall–Kier alpha value is -11.5. The number of hydrogen-bond acceptors (Lipinski definition) is 8. The van der Waals surface area contributed by atoms with Gasteiger partial charge in [-0.3, -0.25) is 0 Å². The molecular formula is C86H102N16+8. The quantitative estimate of drug-likeness (QED) is 0.126. The number of anilines is 6. The third-order valence-electron chi connectivity index (χ3n) is 20.8. The number of nitrogens with zero attached hydrogens (tertiary/aromatic N) is 16. The van der Waals surface area contributed by atoms with E-state index < -0.39 is 0 Å². The van der Waals surface area contributed by atoms with E-state index in [1.54, 1.807) is 0 Å². The van der Waals surface area contributed by atoms with Gasteiger partial charge < -0.3 is 19.6 Å². The van der Waals surface area contributed by atoms with Crippen LogP contribution in [0, 0.1) is 13.8 Å². The van der Waals surface area contributed by atoms with E-state index in [1.807, 2.05) is 0 Å². The van der Waals surface area contributed by atoms with Crippen LogP contribution in [0.5, 0.6) is 0 Å². The predicted octanol–water partition coefficient (Wildman–Crippen LogP) is 11.6. The smallest absolute Gasteiger partial charge is 0.283 e. The molecule has 0 N–H and O–H groups in total. The summed E-state index contributed by atoms with van der Waals surface area (Å²) in [7, 11) is 25.4. The number of rotatable bonds is 10. The van der Waals surface area contributed by atoms with Crippen LogP contribution in [-0.4, -0.2) is 67.6 Å². The number of aryl methyl sites for hydroxylation is 6. The second kappa shape index (κ2) is 30.1. The second-order valence-corrected chi connectivity index (χ2v) is 27.4. The lowest BCUT2D eigenvalue weighted by molar-refractivity contribution is -0.684. The van der Waals surface area contributed by atoms with Crippen molar-refractivity contribution in [2.75, 3.05) is 52.7 Å². The molecule has 16 heteroatoms. The van der Waals surface area contributed by atoms with E-state index in [2.05, 4.69) is 470 Å². The van der Waals surface area contributed by atoms with E-state index >= 15 is 0 Å². The van der Waals surface area contributed by atoms with Crippen molar-refractivity contribution in [2.24, 2.45) is 56.4 Å². The second-order valence-electron chi connectivity index (χ2n) is 27.4. The molecule has 0 saturated heterocycles. The molecule has 0 amide bonds. The molecular weight excluding hydrogens is 1260 g/mol. The zero-order valence-corrected chi connectivity index (χ0v) is 62.9. The lowest BCUT2D eigenvalue weighted by atomic mass is 10.0. The Morgan fingerprint density at radius 3 is 1.05 bits per heavy atom. The highest BCUT2D eigenvalue weighted by atomic mass is 15.4. The zero-order valence-electron chi connectivity index (χ0n) is 62.9. The molecule has 4 atom stereocenters. The lowest BCUT2D eigenvalue weighted by Crippen LogP contribution is -2.46. The number of pyridine rings is 8. The van der Waals surface area contributed by atoms with Crippen molar-refractivity contribution >= 4 is 34.6 Å². The highest BCUT2D eigenvalue weighted by molar-refractivity contribution is 5.82. The number of para-hydroxylation sites is 2. The summed E-state index contributed by atoms with van der Waals surface area (Å²) in [6, 6.07) is 73.2. The van der Waals surface area contributed by atoms with Crippen LogP contribution in [-0.2, 0) is 56.4 Å². The first-order valence-corrected chi connectivity index (χ1v) is 35.3. The first-order valence-electron chi connectivity index (χ1n) is 35.3. The summed E-state index contributed by atoms with van der Waals surface area (Å²) in [5.41, 5.74) is 19.5. The number of aromatic nitrogens is 8. The molecule has 0 unspecified atom stereocenters. The molecule has 518 valence electrons. The van der Waals surface area contributed by atoms with Crippen LogP contribution in [0.4, 0.5) is 34.6 Å². The van der Waals surface area contributed by atoms with Crippen molar-refractivity contribution < 1.29 is 36.5 Å². The Morgan fingerprint density at radius 1 is 0.275 bits per heavy atom. The van der Waals surface area contributed by atoms with Gasteiger partial charge in [-0.2, -0.15) is 18.3 Å². The molecule has 0 aliphatic carbocycles. The van der Waals surface area contributed by atoms with Gasteiger partial charge in [-0.15, -0.1) is 0 Å². The molecule has 12 heterocycles. The maximum Gasteiger partial charge on any atom is 0.283 e. The SMILES string of the molecule is C[C@H]1N(C)C=CN1c1cccc(-c2cc(-c3ccccc3)cc[n+]2C)[n+]1C.C[C@H]1N(C)C=CN1c1cccc(-c2ccc(-c3ccccc3)c[n+]2C)[n+]1C.Cc1cc[n+](C)c(-c2cccc(N3C=CN(C)[C@@H]3C)[n+]2C)c1.Cc1cc[n+](C)c(-c2cccc(N3c4ccccc4N(C)[C@@H]3C)[n+]2C)c1. The van der Waals surface area contributed by atoms with Gasteiger partial charge in [0.05, 0.1) is 33.9 Å². The molecule has 0 fully saturated rings. The van der Waals surface area contributed by atoms with E-state index in [-0.39, 0.29) is 6.17 Å². The van der Waals surface area contributed by atoms with E-state index in [9.17, 15) is 0 Å². The van der Waals surface area contributed by atoms with Crippen LogP contribution in [0.2, 0.25) is 0 Å². The summed E-state index contributed by atoms with van der Waals surface area (Å²) in [6.07, 6.45) is 22.5. The Kier molecular flexibility index (Phi) is 20.8. The molecule has 15 rings (SSSR count). The Labute approximate surface area is 605 Å². The fourth-order valence-electron chi connectivity index (χ4n) is 14.0. The van der Waals surface area contributed by atoms with Gasteiger partial charge >= 0.3 is 0 Å². The number of hydrogen-bond donors (Lipinski definition) is 0. The fourth-order valence-corrected chi connectivity index (χ4v) is 14.0. The van der Waals surface area contributed by atoms with Gasteiger partial charge in [-0.1, -0.05) is 72.8 Å². The standard InChI is InChI=1S/2C23H26N4.C22H26N4.C18H24N4/c1-18-24(2)15-16-27(18)23-12-8-11-22(26(23)4)21-14-13-20(17-25(21)3)19-9-6-5-7-10-19;1-18-24(2)15-16-27(18)23-12-8-11-21(26(23)4)22-17-20(13-14-25(22)3)19-9-6-5-7-10-19;1-16-13-14-23(3)21(15-16)19-11-8-12-22(25(19)5)26-17(2)24(4)18-9-6-7-10-20(18)26;1-14-9-10-20(4)17(13-14)16-7-6-8-18(21(16)5)22-12-11-19(3)15(22)2/h2*5-18H,1-4H3;6-15,17H,1-5H3;6-13,15H,1-5H3/q4*+2/t2*18-;17-;15-/m0000/s1. The van der Waals surface area contributed by atoms with Gasteiger partial charge in [0, 0.05) is 119 Å². The van der Waals surface area contributed by atoms with Crippen LogP contribution in [0.25, 0.3) is 67.8 Å². The van der Waals surface area contributed by atoms with E-state index in [0.717, 1.165) is 0 Å². The Balaban J connectivity index is 0.000000129. The third kappa shape index (κ3) is 14.2. The maximum atomic E-state index is 2.41. The van der Waals surface area contributed by atoms with Gasteiger partial charge in [0.25, 0.3) is 46.0 Å². The average Bonchev–Trinajstić information content (AvgIpc) is 1.62. The molecule has 0 spiro atoms. The summed E-state index contributed by atoms with van der Waals surface area (Å²) in [5.74, 6) is 4.72. The van der Waals surface area contributed by atoms with Crippen molar-refractivity contribution in [3.8, 4) is 67.8 Å². The molecule has 0 bridgehead atoms. The largest absolute Gasteiger partial charge is 0.339 e. The average molecular weight is 1360 g/mol. The molecule has 0 saturated carbocycles. The molecule has 16 nitrogen and oxygen atoms in total. The molecule has 4 aliphatic rings. The first-order chi connectivity index (χ1) is 49.1. The summed E-state index contributed by atoms with van der Waals surface area (Å²) >= 11 is 0. The normalized spacial score (nSPS) is 16.5. The van der Waals surface area contributed by atoms with Crippen molar-refractivity contribution in [2.45, 2.75) is 66.2 Å². The van der Waals surface area contributed by atoms with Crippen LogP contribution in [0.1, 0.15) is 38.8 Å². The summed E-state index contributed by atoms with van der Waals surface area (Å²) < 4.78 is 17.8. The lowest BCUT2D eigenvalue weighted by Gasteiger charge is -2.22. The van der Waals surface area contributed by atoms with Crippen LogP contribution >= 0.6 is 0 Å². The van der Waals surface area contributed by atoms with Crippen molar-refractivity contribution in [1.82, 2.24) is 14.7 Å². The van der Waals surface area contributed by atoms with Gasteiger partial charge in [-0.25, -0.2) is 37.9 Å². The minimum Gasteiger partial charge on any atom is -0.339 e. The van der Waals surface area contributed by atoms with Crippen LogP contribution in [0.15, 0.2) is 268 Å². The van der Waals surface area contributed by atoms with E-state index in [4.69, 9.17) is 0 Å². The number of benzene rings is 3. The Morgan fingerprint density at radius 2 is 0.637 bits per heavy atom.